The van der Waals surface area contributed by atoms with Crippen LogP contribution >= 0.6 is 0 Å². The summed E-state index contributed by atoms with van der Waals surface area (Å²) in [6, 6.07) is 4.15. The predicted octanol–water partition coefficient (Wildman–Crippen LogP) is 2.92. The number of benzene rings is 1. The molecule has 33 heavy (non-hydrogen) atoms. The Kier molecular flexibility index (Phi) is 6.95. The van der Waals surface area contributed by atoms with Crippen molar-refractivity contribution in [1.82, 2.24) is 20.9 Å². The van der Waals surface area contributed by atoms with E-state index in [-0.39, 0.29) is 22.8 Å². The van der Waals surface area contributed by atoms with Crippen molar-refractivity contribution >= 4 is 17.6 Å². The van der Waals surface area contributed by atoms with E-state index < -0.39 is 23.2 Å². The Morgan fingerprint density at radius 3 is 2.73 bits per heavy atom. The number of amidine groups is 1. The van der Waals surface area contributed by atoms with Gasteiger partial charge in [-0.25, -0.2) is 9.37 Å². The average molecular weight is 455 g/mol. The molecule has 1 aromatic carbocycles. The number of carbonyl (C=O) groups excluding carboxylic acids is 2. The largest absolute Gasteiger partial charge is 0.487 e. The van der Waals surface area contributed by atoms with E-state index in [1.807, 2.05) is 13.8 Å². The SMILES string of the molecule is CCNC(=O)c1ncc(Oc2cc(C(=O)NC(=N)/C=C\NC)cc3c2CC(C)(C)O3)cc1F. The van der Waals surface area contributed by atoms with E-state index >= 15 is 0 Å². The minimum Gasteiger partial charge on any atom is -0.487 e. The number of hydrogen-bond donors (Lipinski definition) is 4. The van der Waals surface area contributed by atoms with Crippen LogP contribution in [-0.2, 0) is 6.42 Å². The molecular weight excluding hydrogens is 429 g/mol. The van der Waals surface area contributed by atoms with E-state index in [1.165, 1.54) is 24.5 Å². The minimum absolute atomic E-state index is 0.0645. The van der Waals surface area contributed by atoms with Crippen LogP contribution in [0.25, 0.3) is 0 Å². The molecule has 2 amide bonds. The molecular formula is C23H26FN5O4. The second-order valence-electron chi connectivity index (χ2n) is 7.94. The molecule has 0 spiro atoms. The summed E-state index contributed by atoms with van der Waals surface area (Å²) >= 11 is 0. The van der Waals surface area contributed by atoms with Crippen LogP contribution in [0.4, 0.5) is 4.39 Å². The number of ether oxygens (including phenoxy) is 2. The summed E-state index contributed by atoms with van der Waals surface area (Å²) in [4.78, 5) is 28.5. The van der Waals surface area contributed by atoms with Gasteiger partial charge >= 0.3 is 0 Å². The van der Waals surface area contributed by atoms with Gasteiger partial charge in [0, 0.05) is 37.2 Å². The first-order valence-corrected chi connectivity index (χ1v) is 10.3. The molecule has 0 saturated carbocycles. The van der Waals surface area contributed by atoms with Gasteiger partial charge in [0.05, 0.1) is 6.20 Å². The number of halogens is 1. The Hall–Kier alpha value is -3.95. The number of nitrogens with one attached hydrogen (secondary N) is 4. The lowest BCUT2D eigenvalue weighted by atomic mass is 9.99. The highest BCUT2D eigenvalue weighted by Gasteiger charge is 2.34. The van der Waals surface area contributed by atoms with Crippen LogP contribution in [0, 0.1) is 11.2 Å². The maximum absolute atomic E-state index is 14.4. The lowest BCUT2D eigenvalue weighted by molar-refractivity contribution is 0.0944. The van der Waals surface area contributed by atoms with Gasteiger partial charge in [0.1, 0.15) is 28.7 Å². The van der Waals surface area contributed by atoms with Crippen LogP contribution in [-0.4, -0.2) is 41.8 Å². The minimum atomic E-state index is -0.828. The van der Waals surface area contributed by atoms with Gasteiger partial charge in [-0.3, -0.25) is 15.0 Å². The van der Waals surface area contributed by atoms with Crippen molar-refractivity contribution in [3.63, 3.8) is 0 Å². The molecule has 174 valence electrons. The van der Waals surface area contributed by atoms with Crippen molar-refractivity contribution in [3.05, 3.63) is 59.3 Å². The first-order valence-electron chi connectivity index (χ1n) is 10.3. The molecule has 1 aliphatic rings. The molecule has 3 rings (SSSR count). The van der Waals surface area contributed by atoms with Gasteiger partial charge in [0.25, 0.3) is 11.8 Å². The van der Waals surface area contributed by atoms with Crippen molar-refractivity contribution < 1.29 is 23.5 Å². The molecule has 0 saturated heterocycles. The van der Waals surface area contributed by atoms with E-state index in [9.17, 15) is 14.0 Å². The molecule has 9 nitrogen and oxygen atoms in total. The summed E-state index contributed by atoms with van der Waals surface area (Å²) in [6.07, 6.45) is 4.66. The Labute approximate surface area is 190 Å². The maximum Gasteiger partial charge on any atom is 0.272 e. The highest BCUT2D eigenvalue weighted by Crippen LogP contribution is 2.43. The molecule has 1 aliphatic heterocycles. The van der Waals surface area contributed by atoms with Crippen molar-refractivity contribution in [2.45, 2.75) is 32.8 Å². The number of rotatable bonds is 7. The van der Waals surface area contributed by atoms with Crippen LogP contribution in [0.3, 0.4) is 0 Å². The van der Waals surface area contributed by atoms with Crippen LogP contribution in [0.15, 0.2) is 36.7 Å². The molecule has 0 aliphatic carbocycles. The fourth-order valence-corrected chi connectivity index (χ4v) is 3.28. The van der Waals surface area contributed by atoms with Gasteiger partial charge in [-0.2, -0.15) is 0 Å². The number of fused-ring (bicyclic) bond motifs is 1. The third-order valence-corrected chi connectivity index (χ3v) is 4.68. The second kappa shape index (κ2) is 9.68. The molecule has 10 heteroatoms. The van der Waals surface area contributed by atoms with E-state index in [2.05, 4.69) is 20.9 Å². The summed E-state index contributed by atoms with van der Waals surface area (Å²) in [7, 11) is 1.68. The number of carbonyl (C=O) groups is 2. The van der Waals surface area contributed by atoms with Crippen molar-refractivity contribution in [1.29, 1.82) is 5.41 Å². The van der Waals surface area contributed by atoms with E-state index in [0.29, 0.717) is 24.5 Å². The average Bonchev–Trinajstić information content (AvgIpc) is 3.06. The molecule has 0 fully saturated rings. The number of nitrogens with zero attached hydrogens (tertiary/aromatic N) is 1. The molecule has 0 atom stereocenters. The lowest BCUT2D eigenvalue weighted by Gasteiger charge is -2.16. The third-order valence-electron chi connectivity index (χ3n) is 4.68. The number of pyridine rings is 1. The highest BCUT2D eigenvalue weighted by atomic mass is 19.1. The molecule has 0 bridgehead atoms. The summed E-state index contributed by atoms with van der Waals surface area (Å²) in [5, 5.41) is 15.5. The van der Waals surface area contributed by atoms with E-state index in [1.54, 1.807) is 20.0 Å². The van der Waals surface area contributed by atoms with E-state index in [0.717, 1.165) is 11.6 Å². The zero-order chi connectivity index (χ0) is 24.2. The fourth-order valence-electron chi connectivity index (χ4n) is 3.28. The topological polar surface area (TPSA) is 125 Å². The summed E-state index contributed by atoms with van der Waals surface area (Å²) in [5.74, 6) is -1.26. The molecule has 2 aromatic rings. The predicted molar refractivity (Wildman–Crippen MR) is 121 cm³/mol. The Bertz CT molecular complexity index is 1130. The zero-order valence-electron chi connectivity index (χ0n) is 18.8. The van der Waals surface area contributed by atoms with Crippen molar-refractivity contribution in [2.75, 3.05) is 13.6 Å². The van der Waals surface area contributed by atoms with Gasteiger partial charge in [-0.15, -0.1) is 0 Å². The van der Waals surface area contributed by atoms with Crippen LogP contribution < -0.4 is 25.4 Å². The highest BCUT2D eigenvalue weighted by molar-refractivity contribution is 6.09. The fraction of sp³-hybridized carbons (Fsp3) is 0.304. The Balaban J connectivity index is 1.92. The van der Waals surface area contributed by atoms with Gasteiger partial charge in [-0.05, 0) is 45.2 Å². The van der Waals surface area contributed by atoms with Gasteiger partial charge in [0.2, 0.25) is 0 Å². The third kappa shape index (κ3) is 5.65. The summed E-state index contributed by atoms with van der Waals surface area (Å²) < 4.78 is 26.3. The smallest absolute Gasteiger partial charge is 0.272 e. The standard InChI is InChI=1S/C23H26FN5O4/c1-5-27-22(31)20-16(24)10-14(12-28-20)32-17-8-13(21(30)29-19(25)6-7-26-4)9-18-15(17)11-23(2,3)33-18/h6-10,12,26H,5,11H2,1-4H3,(H,27,31)(H2,25,29,30)/b7-6-. The number of hydrogen-bond acceptors (Lipinski definition) is 7. The Morgan fingerprint density at radius 1 is 1.30 bits per heavy atom. The molecule has 4 N–H and O–H groups in total. The number of amides is 2. The lowest BCUT2D eigenvalue weighted by Crippen LogP contribution is -2.28. The first-order chi connectivity index (χ1) is 15.6. The quantitative estimate of drug-likeness (QED) is 0.376. The van der Waals surface area contributed by atoms with Crippen molar-refractivity contribution in [2.24, 2.45) is 0 Å². The van der Waals surface area contributed by atoms with E-state index in [4.69, 9.17) is 14.9 Å². The molecule has 2 heterocycles. The summed E-state index contributed by atoms with van der Waals surface area (Å²) in [6.45, 7) is 5.87. The maximum atomic E-state index is 14.4. The monoisotopic (exact) mass is 455 g/mol. The summed E-state index contributed by atoms with van der Waals surface area (Å²) in [5.41, 5.74) is 0.0649. The second-order valence-corrected chi connectivity index (χ2v) is 7.94. The molecule has 1 aromatic heterocycles. The number of aromatic nitrogens is 1. The Morgan fingerprint density at radius 2 is 2.06 bits per heavy atom. The molecule has 0 unspecified atom stereocenters. The van der Waals surface area contributed by atoms with Crippen LogP contribution in [0.5, 0.6) is 17.2 Å². The van der Waals surface area contributed by atoms with Crippen LogP contribution in [0.1, 0.15) is 47.2 Å². The van der Waals surface area contributed by atoms with Crippen molar-refractivity contribution in [3.8, 4) is 17.2 Å². The van der Waals surface area contributed by atoms with Gasteiger partial charge in [0.15, 0.2) is 11.5 Å². The van der Waals surface area contributed by atoms with Gasteiger partial charge < -0.3 is 25.4 Å². The van der Waals surface area contributed by atoms with Gasteiger partial charge in [-0.1, -0.05) is 0 Å². The zero-order valence-corrected chi connectivity index (χ0v) is 18.8. The molecule has 0 radical (unpaired) electrons. The van der Waals surface area contributed by atoms with Crippen LogP contribution in [0.2, 0.25) is 0 Å². The first kappa shape index (κ1) is 23.7. The normalized spacial score (nSPS) is 13.7.